The average Bonchev–Trinajstić information content (AvgIpc) is 3.91. The van der Waals surface area contributed by atoms with Gasteiger partial charge in [-0.05, 0) is 105 Å². The number of furan rings is 1. The van der Waals surface area contributed by atoms with Gasteiger partial charge in [-0.15, -0.1) is 0 Å². The SMILES string of the molecule is CN(C)C(=O)c1cc2cc(C3=CCCN(C(=O)CCN=C/C=N\N)C3)cc(N3CCC(C(=O)N4CC(CN5CCC(C6=CC7CC7c7c6n(C)c(=O)n7C6CCC(=O)NC6=O)CC5)C4)CC3)c2o1. The van der Waals surface area contributed by atoms with Crippen LogP contribution < -0.4 is 21.7 Å². The van der Waals surface area contributed by atoms with E-state index in [0.29, 0.717) is 62.5 Å². The van der Waals surface area contributed by atoms with Gasteiger partial charge in [0.15, 0.2) is 11.3 Å². The molecule has 1 aromatic carbocycles. The number of amides is 5. The first-order valence-corrected chi connectivity index (χ1v) is 24.5. The lowest BCUT2D eigenvalue weighted by Gasteiger charge is -2.45. The van der Waals surface area contributed by atoms with Gasteiger partial charge in [-0.2, -0.15) is 5.10 Å². The van der Waals surface area contributed by atoms with Crippen molar-refractivity contribution in [3.63, 3.8) is 0 Å². The molecule has 5 amide bonds. The second kappa shape index (κ2) is 18.7. The first kappa shape index (κ1) is 45.5. The molecule has 0 bridgehead atoms. The molecule has 5 aliphatic heterocycles. The van der Waals surface area contributed by atoms with Crippen molar-refractivity contribution in [2.45, 2.75) is 69.7 Å². The lowest BCUT2D eigenvalue weighted by molar-refractivity contribution is -0.143. The predicted molar refractivity (Wildman–Crippen MR) is 258 cm³/mol. The Morgan fingerprint density at radius 3 is 2.47 bits per heavy atom. The number of fused-ring (bicyclic) bond motifs is 4. The van der Waals surface area contributed by atoms with Crippen molar-refractivity contribution in [2.24, 2.45) is 46.7 Å². The Labute approximate surface area is 395 Å². The number of hydrogen-bond donors (Lipinski definition) is 2. The van der Waals surface area contributed by atoms with Crippen LogP contribution in [0.4, 0.5) is 5.69 Å². The van der Waals surface area contributed by atoms with Crippen molar-refractivity contribution >= 4 is 69.8 Å². The molecule has 360 valence electrons. The standard InChI is InChI=1S/C50H63N11O7/c1-55(2)49(66)41-25-36-21-34(33-5-4-16-59(29-33)43(63)8-13-52-14-15-53-51)24-40(46(36)68-41)58-19-11-32(12-20-58)48(65)60-27-30(28-60)26-57-17-9-31(10-18-57)37-22-35-23-38(35)45-44(37)56(3)50(67)61(45)39-6-7-42(62)54-47(39)64/h5,14-15,21-22,24-25,30-32,35,38-39H,4,6-13,16-20,23,26-29,51H2,1-3H3,(H,54,62,64)/b52-14?,53-15-. The van der Waals surface area contributed by atoms with Crippen LogP contribution in [0.2, 0.25) is 0 Å². The maximum absolute atomic E-state index is 13.9. The Hall–Kier alpha value is -6.30. The molecular weight excluding hydrogens is 867 g/mol. The smallest absolute Gasteiger partial charge is 0.329 e. The van der Waals surface area contributed by atoms with Gasteiger partial charge in [-0.3, -0.25) is 43.4 Å². The third-order valence-corrected chi connectivity index (χ3v) is 15.5. The van der Waals surface area contributed by atoms with E-state index >= 15 is 0 Å². The average molecular weight is 930 g/mol. The summed E-state index contributed by atoms with van der Waals surface area (Å²) in [4.78, 5) is 93.1. The van der Waals surface area contributed by atoms with Gasteiger partial charge in [0.25, 0.3) is 5.91 Å². The van der Waals surface area contributed by atoms with E-state index in [1.165, 1.54) is 22.9 Å². The van der Waals surface area contributed by atoms with Crippen molar-refractivity contribution in [1.82, 2.24) is 34.1 Å². The van der Waals surface area contributed by atoms with Gasteiger partial charge in [-0.1, -0.05) is 12.2 Å². The number of benzene rings is 1. The van der Waals surface area contributed by atoms with E-state index < -0.39 is 6.04 Å². The summed E-state index contributed by atoms with van der Waals surface area (Å²) in [6.07, 6.45) is 13.5. The van der Waals surface area contributed by atoms with E-state index in [-0.39, 0.29) is 65.7 Å². The number of rotatable bonds is 12. The molecule has 3 aromatic rings. The van der Waals surface area contributed by atoms with Crippen LogP contribution in [-0.2, 0) is 26.2 Å². The first-order valence-electron chi connectivity index (χ1n) is 24.5. The van der Waals surface area contributed by atoms with Crippen LogP contribution in [-0.4, -0.2) is 150 Å². The quantitative estimate of drug-likeness (QED) is 0.118. The fourth-order valence-corrected chi connectivity index (χ4v) is 11.7. The van der Waals surface area contributed by atoms with Crippen molar-refractivity contribution in [2.75, 3.05) is 84.4 Å². The van der Waals surface area contributed by atoms with E-state index in [1.807, 2.05) is 22.9 Å². The van der Waals surface area contributed by atoms with Crippen LogP contribution >= 0.6 is 0 Å². The van der Waals surface area contributed by atoms with E-state index in [1.54, 1.807) is 29.3 Å². The van der Waals surface area contributed by atoms with Gasteiger partial charge < -0.3 is 34.8 Å². The summed E-state index contributed by atoms with van der Waals surface area (Å²) in [5, 5.41) is 6.67. The van der Waals surface area contributed by atoms with Crippen molar-refractivity contribution in [3.8, 4) is 0 Å². The number of piperidine rings is 3. The van der Waals surface area contributed by atoms with Crippen molar-refractivity contribution < 1.29 is 28.4 Å². The second-order valence-corrected chi connectivity index (χ2v) is 20.1. The molecule has 18 nitrogen and oxygen atoms in total. The molecule has 2 aromatic heterocycles. The van der Waals surface area contributed by atoms with Gasteiger partial charge in [0.1, 0.15) is 6.04 Å². The molecular formula is C50H63N11O7. The molecule has 7 aliphatic rings. The van der Waals surface area contributed by atoms with E-state index in [4.69, 9.17) is 10.3 Å². The van der Waals surface area contributed by atoms with Crippen LogP contribution in [0.5, 0.6) is 0 Å². The highest BCUT2D eigenvalue weighted by Gasteiger charge is 2.49. The number of allylic oxidation sites excluding steroid dienone is 2. The monoisotopic (exact) mass is 929 g/mol. The number of hydrazone groups is 1. The number of carbonyl (C=O) groups is 5. The molecule has 0 radical (unpaired) electrons. The summed E-state index contributed by atoms with van der Waals surface area (Å²) < 4.78 is 9.74. The fraction of sp³-hybridized carbons (Fsp3) is 0.560. The molecule has 3 N–H and O–H groups in total. The number of aromatic nitrogens is 2. The zero-order chi connectivity index (χ0) is 47.4. The van der Waals surface area contributed by atoms with E-state index in [9.17, 15) is 28.8 Å². The van der Waals surface area contributed by atoms with Crippen molar-refractivity contribution in [1.29, 1.82) is 0 Å². The van der Waals surface area contributed by atoms with E-state index in [2.05, 4.69) is 43.4 Å². The number of likely N-dealkylation sites (tertiary alicyclic amines) is 2. The number of nitrogens with one attached hydrogen (secondary N) is 1. The Kier molecular flexibility index (Phi) is 12.5. The number of carbonyl (C=O) groups excluding carboxylic acids is 5. The molecule has 68 heavy (non-hydrogen) atoms. The van der Waals surface area contributed by atoms with Crippen molar-refractivity contribution in [3.05, 3.63) is 63.5 Å². The molecule has 7 heterocycles. The number of hydrogen-bond acceptors (Lipinski definition) is 12. The minimum atomic E-state index is -0.648. The minimum Gasteiger partial charge on any atom is -0.449 e. The summed E-state index contributed by atoms with van der Waals surface area (Å²) in [6, 6.07) is 5.32. The molecule has 4 saturated heterocycles. The van der Waals surface area contributed by atoms with Crippen LogP contribution in [0.3, 0.4) is 0 Å². The highest BCUT2D eigenvalue weighted by Crippen LogP contribution is 2.57. The normalized spacial score (nSPS) is 24.0. The number of aliphatic imine (C=N–C) groups is 1. The summed E-state index contributed by atoms with van der Waals surface area (Å²) >= 11 is 0. The predicted octanol–water partition coefficient (Wildman–Crippen LogP) is 3.22. The fourth-order valence-electron chi connectivity index (χ4n) is 11.7. The lowest BCUT2D eigenvalue weighted by atomic mass is 9.82. The van der Waals surface area contributed by atoms with Gasteiger partial charge in [0.2, 0.25) is 23.6 Å². The number of imidazole rings is 1. The Morgan fingerprint density at radius 1 is 0.956 bits per heavy atom. The maximum Gasteiger partial charge on any atom is 0.329 e. The van der Waals surface area contributed by atoms with Crippen LogP contribution in [0.1, 0.15) is 97.3 Å². The van der Waals surface area contributed by atoms with E-state index in [0.717, 1.165) is 105 Å². The van der Waals surface area contributed by atoms with Gasteiger partial charge >= 0.3 is 5.69 Å². The first-order chi connectivity index (χ1) is 32.9. The Balaban J connectivity index is 0.736. The van der Waals surface area contributed by atoms with Gasteiger partial charge in [0.05, 0.1) is 23.3 Å². The van der Waals surface area contributed by atoms with Crippen LogP contribution in [0.15, 0.2) is 49.7 Å². The minimum absolute atomic E-state index is 0.0305. The molecule has 3 unspecified atom stereocenters. The van der Waals surface area contributed by atoms with Crippen LogP contribution in [0, 0.1) is 23.7 Å². The lowest BCUT2D eigenvalue weighted by Crippen LogP contribution is -2.56. The second-order valence-electron chi connectivity index (χ2n) is 20.1. The Morgan fingerprint density at radius 2 is 1.74 bits per heavy atom. The third-order valence-electron chi connectivity index (χ3n) is 15.5. The molecule has 0 spiro atoms. The summed E-state index contributed by atoms with van der Waals surface area (Å²) in [6.45, 7) is 7.23. The highest BCUT2D eigenvalue weighted by atomic mass is 16.3. The summed E-state index contributed by atoms with van der Waals surface area (Å²) in [5.41, 5.74) is 6.60. The molecule has 1 saturated carbocycles. The molecule has 2 aliphatic carbocycles. The van der Waals surface area contributed by atoms with Gasteiger partial charge in [0, 0.05) is 116 Å². The summed E-state index contributed by atoms with van der Waals surface area (Å²) in [5.74, 6) is 6.14. The molecule has 5 fully saturated rings. The zero-order valence-corrected chi connectivity index (χ0v) is 39.4. The molecule has 3 atom stereocenters. The largest absolute Gasteiger partial charge is 0.449 e. The molecule has 18 heteroatoms. The summed E-state index contributed by atoms with van der Waals surface area (Å²) in [7, 11) is 5.23. The zero-order valence-electron chi connectivity index (χ0n) is 39.4. The molecule has 10 rings (SSSR count). The van der Waals surface area contributed by atoms with Crippen LogP contribution in [0.25, 0.3) is 22.1 Å². The highest BCUT2D eigenvalue weighted by molar-refractivity contribution is 6.15. The third kappa shape index (κ3) is 8.71. The van der Waals surface area contributed by atoms with Gasteiger partial charge in [-0.25, -0.2) is 4.79 Å². The topological polar surface area (TPSA) is 204 Å². The number of nitrogens with two attached hydrogens (primary N) is 1. The number of nitrogens with zero attached hydrogens (tertiary/aromatic N) is 9. The number of imide groups is 1. The number of anilines is 1. The Bertz CT molecular complexity index is 2700. The maximum atomic E-state index is 13.9.